The second kappa shape index (κ2) is 5.31. The van der Waals surface area contributed by atoms with Crippen molar-refractivity contribution >= 4 is 31.9 Å². The highest BCUT2D eigenvalue weighted by atomic mass is 79.9. The quantitative estimate of drug-likeness (QED) is 0.647. The molecule has 0 aliphatic heterocycles. The smallest absolute Gasteiger partial charge is 0.0927 e. The van der Waals surface area contributed by atoms with Gasteiger partial charge in [0.2, 0.25) is 0 Å². The van der Waals surface area contributed by atoms with Crippen LogP contribution in [0.1, 0.15) is 0 Å². The Morgan fingerprint density at radius 2 is 1.42 bits per heavy atom. The lowest BCUT2D eigenvalue weighted by Gasteiger charge is -1.97. The third-order valence-electron chi connectivity index (χ3n) is 2.83. The normalized spacial score (nSPS) is 10.6. The highest BCUT2D eigenvalue weighted by Gasteiger charge is 2.06. The summed E-state index contributed by atoms with van der Waals surface area (Å²) in [7, 11) is 0. The van der Waals surface area contributed by atoms with E-state index in [9.17, 15) is 0 Å². The van der Waals surface area contributed by atoms with Gasteiger partial charge >= 0.3 is 0 Å². The number of aromatic nitrogens is 2. The van der Waals surface area contributed by atoms with Gasteiger partial charge in [0.15, 0.2) is 0 Å². The predicted molar refractivity (Wildman–Crippen MR) is 84.9 cm³/mol. The van der Waals surface area contributed by atoms with E-state index in [1.807, 2.05) is 30.3 Å². The van der Waals surface area contributed by atoms with Crippen LogP contribution in [0, 0.1) is 0 Å². The molecule has 2 aromatic carbocycles. The molecule has 0 bridgehead atoms. The summed E-state index contributed by atoms with van der Waals surface area (Å²) in [6.07, 6.45) is 0. The Morgan fingerprint density at radius 1 is 0.789 bits per heavy atom. The Hall–Kier alpha value is -1.39. The number of hydrogen-bond donors (Lipinski definition) is 1. The number of aromatic amines is 1. The fourth-order valence-electron chi connectivity index (χ4n) is 1.92. The van der Waals surface area contributed by atoms with Crippen molar-refractivity contribution in [1.82, 2.24) is 10.2 Å². The Bertz CT molecular complexity index is 659. The van der Waals surface area contributed by atoms with Gasteiger partial charge in [-0.3, -0.25) is 5.10 Å². The molecule has 1 N–H and O–H groups in total. The predicted octanol–water partition coefficient (Wildman–Crippen LogP) is 5.27. The standard InChI is InChI=1S/C15H10Br2N2/c16-12-5-1-3-10(7-12)14-9-15(19-18-14)11-4-2-6-13(17)8-11/h1-9H,(H,18,19). The molecule has 1 aromatic heterocycles. The maximum atomic E-state index is 4.37. The molecule has 0 saturated heterocycles. The summed E-state index contributed by atoms with van der Waals surface area (Å²) in [5.41, 5.74) is 4.16. The number of rotatable bonds is 2. The lowest BCUT2D eigenvalue weighted by atomic mass is 10.1. The Kier molecular flexibility index (Phi) is 3.53. The zero-order chi connectivity index (χ0) is 13.2. The van der Waals surface area contributed by atoms with Gasteiger partial charge < -0.3 is 0 Å². The van der Waals surface area contributed by atoms with Gasteiger partial charge in [0.05, 0.1) is 11.4 Å². The van der Waals surface area contributed by atoms with E-state index in [-0.39, 0.29) is 0 Å². The Labute approximate surface area is 128 Å². The maximum absolute atomic E-state index is 4.37. The summed E-state index contributed by atoms with van der Waals surface area (Å²) in [5.74, 6) is 0. The van der Waals surface area contributed by atoms with E-state index >= 15 is 0 Å². The first-order valence-electron chi connectivity index (χ1n) is 5.80. The number of nitrogens with zero attached hydrogens (tertiary/aromatic N) is 1. The number of H-pyrrole nitrogens is 1. The molecule has 0 aliphatic carbocycles. The minimum atomic E-state index is 0.941. The van der Waals surface area contributed by atoms with Gasteiger partial charge in [-0.2, -0.15) is 5.10 Å². The van der Waals surface area contributed by atoms with E-state index in [4.69, 9.17) is 0 Å². The molecular formula is C15H10Br2N2. The van der Waals surface area contributed by atoms with Crippen LogP contribution >= 0.6 is 31.9 Å². The zero-order valence-electron chi connectivity index (χ0n) is 9.90. The van der Waals surface area contributed by atoms with Crippen LogP contribution in [0.15, 0.2) is 63.5 Å². The number of halogens is 2. The number of nitrogens with one attached hydrogen (secondary N) is 1. The Balaban J connectivity index is 2.00. The minimum absolute atomic E-state index is 0.941. The molecule has 0 unspecified atom stereocenters. The van der Waals surface area contributed by atoms with Crippen molar-refractivity contribution in [1.29, 1.82) is 0 Å². The SMILES string of the molecule is Brc1cccc(-c2cc(-c3cccc(Br)c3)[nH]n2)c1. The molecule has 0 radical (unpaired) electrons. The summed E-state index contributed by atoms with van der Waals surface area (Å²) in [6.45, 7) is 0. The molecule has 0 amide bonds. The fourth-order valence-corrected chi connectivity index (χ4v) is 2.72. The molecule has 1 heterocycles. The van der Waals surface area contributed by atoms with Crippen molar-refractivity contribution in [3.8, 4) is 22.5 Å². The molecule has 94 valence electrons. The molecule has 0 saturated carbocycles. The third kappa shape index (κ3) is 2.80. The van der Waals surface area contributed by atoms with Crippen LogP contribution in [0.4, 0.5) is 0 Å². The monoisotopic (exact) mass is 376 g/mol. The van der Waals surface area contributed by atoms with Crippen LogP contribution < -0.4 is 0 Å². The van der Waals surface area contributed by atoms with Gasteiger partial charge in [-0.25, -0.2) is 0 Å². The van der Waals surface area contributed by atoms with Crippen molar-refractivity contribution in [3.63, 3.8) is 0 Å². The molecule has 2 nitrogen and oxygen atoms in total. The van der Waals surface area contributed by atoms with Crippen molar-refractivity contribution in [2.75, 3.05) is 0 Å². The Morgan fingerprint density at radius 3 is 2.11 bits per heavy atom. The summed E-state index contributed by atoms with van der Waals surface area (Å²) in [4.78, 5) is 0. The van der Waals surface area contributed by atoms with Crippen molar-refractivity contribution < 1.29 is 0 Å². The average Bonchev–Trinajstić information content (AvgIpc) is 2.88. The van der Waals surface area contributed by atoms with Gasteiger partial charge in [-0.15, -0.1) is 0 Å². The first-order valence-corrected chi connectivity index (χ1v) is 7.38. The molecule has 0 fully saturated rings. The summed E-state index contributed by atoms with van der Waals surface area (Å²) in [5, 5.41) is 7.45. The minimum Gasteiger partial charge on any atom is -0.277 e. The fraction of sp³-hybridized carbons (Fsp3) is 0. The first kappa shape index (κ1) is 12.6. The van der Waals surface area contributed by atoms with E-state index in [0.29, 0.717) is 0 Å². The van der Waals surface area contributed by atoms with E-state index in [2.05, 4.69) is 66.3 Å². The van der Waals surface area contributed by atoms with E-state index in [1.54, 1.807) is 0 Å². The molecule has 0 spiro atoms. The van der Waals surface area contributed by atoms with Gasteiger partial charge in [-0.1, -0.05) is 56.1 Å². The van der Waals surface area contributed by atoms with Crippen molar-refractivity contribution in [3.05, 3.63) is 63.5 Å². The lowest BCUT2D eigenvalue weighted by Crippen LogP contribution is -1.77. The highest BCUT2D eigenvalue weighted by molar-refractivity contribution is 9.10. The molecule has 4 heteroatoms. The van der Waals surface area contributed by atoms with Gasteiger partial charge in [0.1, 0.15) is 0 Å². The highest BCUT2D eigenvalue weighted by Crippen LogP contribution is 2.26. The average molecular weight is 378 g/mol. The number of hydrogen-bond acceptors (Lipinski definition) is 1. The second-order valence-corrected chi connectivity index (χ2v) is 6.02. The molecule has 3 aromatic rings. The summed E-state index contributed by atoms with van der Waals surface area (Å²) < 4.78 is 2.11. The van der Waals surface area contributed by atoms with Crippen LogP contribution in [0.3, 0.4) is 0 Å². The number of benzene rings is 2. The molecule has 19 heavy (non-hydrogen) atoms. The summed E-state index contributed by atoms with van der Waals surface area (Å²) in [6, 6.07) is 18.3. The van der Waals surface area contributed by atoms with E-state index < -0.39 is 0 Å². The lowest BCUT2D eigenvalue weighted by molar-refractivity contribution is 1.10. The topological polar surface area (TPSA) is 28.7 Å². The first-order chi connectivity index (χ1) is 9.22. The van der Waals surface area contributed by atoms with Crippen LogP contribution in [-0.4, -0.2) is 10.2 Å². The van der Waals surface area contributed by atoms with Crippen LogP contribution in [0.25, 0.3) is 22.5 Å². The summed E-state index contributed by atoms with van der Waals surface area (Å²) >= 11 is 6.96. The molecule has 0 aliphatic rings. The second-order valence-electron chi connectivity index (χ2n) is 4.19. The maximum Gasteiger partial charge on any atom is 0.0927 e. The van der Waals surface area contributed by atoms with Crippen molar-refractivity contribution in [2.24, 2.45) is 0 Å². The van der Waals surface area contributed by atoms with Gasteiger partial charge in [-0.05, 0) is 30.3 Å². The zero-order valence-corrected chi connectivity index (χ0v) is 13.1. The van der Waals surface area contributed by atoms with Gasteiger partial charge in [0.25, 0.3) is 0 Å². The van der Waals surface area contributed by atoms with E-state index in [1.165, 1.54) is 0 Å². The third-order valence-corrected chi connectivity index (χ3v) is 3.82. The molecular weight excluding hydrogens is 368 g/mol. The molecule has 0 atom stereocenters. The van der Waals surface area contributed by atoms with Crippen LogP contribution in [0.5, 0.6) is 0 Å². The van der Waals surface area contributed by atoms with Crippen LogP contribution in [0.2, 0.25) is 0 Å². The van der Waals surface area contributed by atoms with Crippen LogP contribution in [-0.2, 0) is 0 Å². The largest absolute Gasteiger partial charge is 0.277 e. The van der Waals surface area contributed by atoms with E-state index in [0.717, 1.165) is 31.5 Å². The van der Waals surface area contributed by atoms with Gasteiger partial charge in [0, 0.05) is 20.1 Å². The molecule has 3 rings (SSSR count). The van der Waals surface area contributed by atoms with Crippen molar-refractivity contribution in [2.45, 2.75) is 0 Å².